The van der Waals surface area contributed by atoms with Gasteiger partial charge in [0.1, 0.15) is 5.92 Å². The molecule has 5 heteroatoms. The molecule has 1 atom stereocenters. The van der Waals surface area contributed by atoms with E-state index in [1.165, 1.54) is 13.2 Å². The zero-order chi connectivity index (χ0) is 9.61. The zero-order valence-electron chi connectivity index (χ0n) is 6.69. The number of nitriles is 1. The zero-order valence-corrected chi connectivity index (χ0v) is 6.69. The maximum atomic E-state index is 11.9. The van der Waals surface area contributed by atoms with E-state index in [2.05, 4.69) is 4.74 Å². The SMILES string of the molecule is COCCC[C@H](C#N)C(F)(F)F. The molecule has 0 saturated carbocycles. The van der Waals surface area contributed by atoms with E-state index < -0.39 is 12.1 Å². The molecule has 0 fully saturated rings. The van der Waals surface area contributed by atoms with E-state index in [9.17, 15) is 13.2 Å². The average molecular weight is 181 g/mol. The molecule has 2 nitrogen and oxygen atoms in total. The fourth-order valence-corrected chi connectivity index (χ4v) is 0.733. The van der Waals surface area contributed by atoms with E-state index in [1.54, 1.807) is 0 Å². The van der Waals surface area contributed by atoms with E-state index >= 15 is 0 Å². The Morgan fingerprint density at radius 2 is 2.08 bits per heavy atom. The van der Waals surface area contributed by atoms with Crippen molar-refractivity contribution in [2.45, 2.75) is 19.0 Å². The van der Waals surface area contributed by atoms with Gasteiger partial charge < -0.3 is 4.74 Å². The van der Waals surface area contributed by atoms with Crippen molar-refractivity contribution in [3.05, 3.63) is 0 Å². The first-order valence-electron chi connectivity index (χ1n) is 3.47. The van der Waals surface area contributed by atoms with Gasteiger partial charge in [0, 0.05) is 13.7 Å². The highest BCUT2D eigenvalue weighted by atomic mass is 19.4. The smallest absolute Gasteiger partial charge is 0.385 e. The Morgan fingerprint density at radius 1 is 1.50 bits per heavy atom. The van der Waals surface area contributed by atoms with Crippen LogP contribution in [0.3, 0.4) is 0 Å². The van der Waals surface area contributed by atoms with Crippen molar-refractivity contribution < 1.29 is 17.9 Å². The minimum atomic E-state index is -4.40. The molecule has 0 spiro atoms. The molecule has 70 valence electrons. The van der Waals surface area contributed by atoms with Crippen LogP contribution in [0.15, 0.2) is 0 Å². The molecule has 0 aromatic carbocycles. The first-order chi connectivity index (χ1) is 5.52. The third-order valence-electron chi connectivity index (χ3n) is 1.39. The Labute approximate surface area is 68.9 Å². The van der Waals surface area contributed by atoms with Gasteiger partial charge in [-0.2, -0.15) is 18.4 Å². The summed E-state index contributed by atoms with van der Waals surface area (Å²) < 4.78 is 40.2. The Balaban J connectivity index is 3.79. The van der Waals surface area contributed by atoms with Gasteiger partial charge in [0.15, 0.2) is 0 Å². The molecule has 0 aliphatic carbocycles. The van der Waals surface area contributed by atoms with Gasteiger partial charge in [-0.25, -0.2) is 0 Å². The van der Waals surface area contributed by atoms with Crippen molar-refractivity contribution in [2.24, 2.45) is 5.92 Å². The highest BCUT2D eigenvalue weighted by molar-refractivity contribution is 4.87. The van der Waals surface area contributed by atoms with Gasteiger partial charge in [0.25, 0.3) is 0 Å². The molecule has 0 radical (unpaired) electrons. The van der Waals surface area contributed by atoms with Crippen molar-refractivity contribution in [1.82, 2.24) is 0 Å². The number of hydrogen-bond acceptors (Lipinski definition) is 2. The average Bonchev–Trinajstić information content (AvgIpc) is 1.95. The molecule has 0 aromatic heterocycles. The second-order valence-electron chi connectivity index (χ2n) is 2.36. The summed E-state index contributed by atoms with van der Waals surface area (Å²) in [7, 11) is 1.41. The lowest BCUT2D eigenvalue weighted by Gasteiger charge is -2.11. The summed E-state index contributed by atoms with van der Waals surface area (Å²) in [4.78, 5) is 0. The quantitative estimate of drug-likeness (QED) is 0.622. The number of rotatable bonds is 4. The highest BCUT2D eigenvalue weighted by Gasteiger charge is 2.39. The normalized spacial score (nSPS) is 13.9. The summed E-state index contributed by atoms with van der Waals surface area (Å²) in [5.41, 5.74) is 0. The molecule has 0 rings (SSSR count). The minimum absolute atomic E-state index is 0.187. The summed E-state index contributed by atoms with van der Waals surface area (Å²) >= 11 is 0. The Bertz CT molecular complexity index is 161. The predicted molar refractivity (Wildman–Crippen MR) is 36.3 cm³/mol. The molecule has 0 aliphatic rings. The van der Waals surface area contributed by atoms with Gasteiger partial charge in [-0.3, -0.25) is 0 Å². The Hall–Kier alpha value is -0.760. The maximum Gasteiger partial charge on any atom is 0.404 e. The summed E-state index contributed by atoms with van der Waals surface area (Å²) in [6, 6.07) is 1.22. The molecule has 0 unspecified atom stereocenters. The Morgan fingerprint density at radius 3 is 2.42 bits per heavy atom. The maximum absolute atomic E-state index is 11.9. The first-order valence-corrected chi connectivity index (χ1v) is 3.47. The molecule has 0 bridgehead atoms. The number of methoxy groups -OCH3 is 1. The van der Waals surface area contributed by atoms with Gasteiger partial charge in [-0.1, -0.05) is 0 Å². The van der Waals surface area contributed by atoms with E-state index in [1.807, 2.05) is 0 Å². The van der Waals surface area contributed by atoms with Crippen molar-refractivity contribution in [3.8, 4) is 6.07 Å². The molecule has 0 heterocycles. The van der Waals surface area contributed by atoms with Crippen LogP contribution in [-0.4, -0.2) is 19.9 Å². The summed E-state index contributed by atoms with van der Waals surface area (Å²) in [5.74, 6) is -1.85. The van der Waals surface area contributed by atoms with Crippen molar-refractivity contribution in [1.29, 1.82) is 5.26 Å². The van der Waals surface area contributed by atoms with Crippen LogP contribution in [0.25, 0.3) is 0 Å². The Kier molecular flexibility index (Phi) is 4.67. The second-order valence-corrected chi connectivity index (χ2v) is 2.36. The predicted octanol–water partition coefficient (Wildman–Crippen LogP) is 2.12. The number of ether oxygens (including phenoxy) is 1. The van der Waals surface area contributed by atoms with Crippen LogP contribution in [-0.2, 0) is 4.74 Å². The molecular weight excluding hydrogens is 171 g/mol. The van der Waals surface area contributed by atoms with Crippen molar-refractivity contribution in [2.75, 3.05) is 13.7 Å². The molecule has 0 saturated heterocycles. The van der Waals surface area contributed by atoms with Gasteiger partial charge in [0.05, 0.1) is 6.07 Å². The van der Waals surface area contributed by atoms with Gasteiger partial charge in [0.2, 0.25) is 0 Å². The lowest BCUT2D eigenvalue weighted by molar-refractivity contribution is -0.161. The fraction of sp³-hybridized carbons (Fsp3) is 0.857. The monoisotopic (exact) mass is 181 g/mol. The van der Waals surface area contributed by atoms with E-state index in [-0.39, 0.29) is 19.4 Å². The molecule has 12 heavy (non-hydrogen) atoms. The number of hydrogen-bond donors (Lipinski definition) is 0. The van der Waals surface area contributed by atoms with E-state index in [0.29, 0.717) is 0 Å². The van der Waals surface area contributed by atoms with Crippen LogP contribution in [0.2, 0.25) is 0 Å². The van der Waals surface area contributed by atoms with Crippen LogP contribution >= 0.6 is 0 Å². The van der Waals surface area contributed by atoms with Crippen molar-refractivity contribution >= 4 is 0 Å². The standard InChI is InChI=1S/C7H10F3NO/c1-12-4-2-3-6(5-11)7(8,9)10/h6H,2-4H2,1H3/t6-/m1/s1. The van der Waals surface area contributed by atoms with Gasteiger partial charge >= 0.3 is 6.18 Å². The lowest BCUT2D eigenvalue weighted by atomic mass is 10.1. The van der Waals surface area contributed by atoms with E-state index in [0.717, 1.165) is 0 Å². The van der Waals surface area contributed by atoms with E-state index in [4.69, 9.17) is 5.26 Å². The molecular formula is C7H10F3NO. The van der Waals surface area contributed by atoms with Crippen LogP contribution in [0.1, 0.15) is 12.8 Å². The number of halogens is 3. The molecule has 0 aromatic rings. The summed E-state index contributed by atoms with van der Waals surface area (Å²) in [6.45, 7) is 0.258. The summed E-state index contributed by atoms with van der Waals surface area (Å²) in [6.07, 6.45) is -4.33. The third kappa shape index (κ3) is 4.19. The lowest BCUT2D eigenvalue weighted by Crippen LogP contribution is -2.21. The second kappa shape index (κ2) is 4.99. The van der Waals surface area contributed by atoms with Crippen LogP contribution in [0.5, 0.6) is 0 Å². The minimum Gasteiger partial charge on any atom is -0.385 e. The number of nitrogens with zero attached hydrogens (tertiary/aromatic N) is 1. The highest BCUT2D eigenvalue weighted by Crippen LogP contribution is 2.28. The van der Waals surface area contributed by atoms with Crippen molar-refractivity contribution in [3.63, 3.8) is 0 Å². The largest absolute Gasteiger partial charge is 0.404 e. The van der Waals surface area contributed by atoms with Crippen LogP contribution < -0.4 is 0 Å². The van der Waals surface area contributed by atoms with Crippen LogP contribution in [0.4, 0.5) is 13.2 Å². The molecule has 0 aliphatic heterocycles. The third-order valence-corrected chi connectivity index (χ3v) is 1.39. The molecule has 0 amide bonds. The van der Waals surface area contributed by atoms with Crippen LogP contribution in [0, 0.1) is 17.2 Å². The number of alkyl halides is 3. The topological polar surface area (TPSA) is 33.0 Å². The fourth-order valence-electron chi connectivity index (χ4n) is 0.733. The molecule has 0 N–H and O–H groups in total. The van der Waals surface area contributed by atoms with Gasteiger partial charge in [-0.05, 0) is 12.8 Å². The summed E-state index contributed by atoms with van der Waals surface area (Å²) in [5, 5.41) is 8.15. The van der Waals surface area contributed by atoms with Gasteiger partial charge in [-0.15, -0.1) is 0 Å². The first kappa shape index (κ1) is 11.2.